The van der Waals surface area contributed by atoms with Gasteiger partial charge in [-0.2, -0.15) is 0 Å². The van der Waals surface area contributed by atoms with Crippen LogP contribution in [-0.4, -0.2) is 95.4 Å². The first-order chi connectivity index (χ1) is 14.0. The number of Topliss-reactive ketones (excluding diaryl/α,β-unsaturated/α-hetero) is 1. The second-order valence-corrected chi connectivity index (χ2v) is 8.97. The van der Waals surface area contributed by atoms with Crippen molar-refractivity contribution in [3.63, 3.8) is 0 Å². The van der Waals surface area contributed by atoms with Gasteiger partial charge in [0.15, 0.2) is 5.78 Å². The molecule has 0 spiro atoms. The lowest BCUT2D eigenvalue weighted by Gasteiger charge is -2.38. The SMILES string of the molecule is CC1CN(CC2CCCN2CC(=O)c2c[nH]c(C(=O)N3CCCC3)c2)CC(C)O1. The number of nitrogens with zero attached hydrogens (tertiary/aromatic N) is 3. The number of ether oxygens (including phenoxy) is 1. The Kier molecular flexibility index (Phi) is 6.37. The predicted molar refractivity (Wildman–Crippen MR) is 111 cm³/mol. The molecule has 1 amide bonds. The monoisotopic (exact) mass is 402 g/mol. The standard InChI is InChI=1S/C22H34N4O3/c1-16-12-24(13-17(2)29-16)14-19-6-5-9-26(19)15-21(27)18-10-20(23-11-18)22(28)25-7-3-4-8-25/h10-11,16-17,19,23H,3-9,12-15H2,1-2H3. The number of aromatic amines is 1. The van der Waals surface area contributed by atoms with Crippen molar-refractivity contribution < 1.29 is 14.3 Å². The van der Waals surface area contributed by atoms with Gasteiger partial charge in [0.25, 0.3) is 5.91 Å². The first kappa shape index (κ1) is 20.6. The zero-order valence-electron chi connectivity index (χ0n) is 17.7. The van der Waals surface area contributed by atoms with Crippen molar-refractivity contribution in [1.82, 2.24) is 19.7 Å². The quantitative estimate of drug-likeness (QED) is 0.737. The number of carbonyl (C=O) groups is 2. The molecule has 0 aliphatic carbocycles. The van der Waals surface area contributed by atoms with Gasteiger partial charge in [-0.3, -0.25) is 19.4 Å². The Morgan fingerprint density at radius 3 is 2.55 bits per heavy atom. The molecule has 1 N–H and O–H groups in total. The molecule has 7 heteroatoms. The van der Waals surface area contributed by atoms with E-state index in [9.17, 15) is 9.59 Å². The van der Waals surface area contributed by atoms with Gasteiger partial charge in [-0.25, -0.2) is 0 Å². The number of ketones is 1. The maximum atomic E-state index is 12.9. The van der Waals surface area contributed by atoms with E-state index in [-0.39, 0.29) is 23.9 Å². The zero-order valence-corrected chi connectivity index (χ0v) is 17.7. The van der Waals surface area contributed by atoms with E-state index in [1.54, 1.807) is 12.3 Å². The summed E-state index contributed by atoms with van der Waals surface area (Å²) < 4.78 is 5.84. The Bertz CT molecular complexity index is 717. The van der Waals surface area contributed by atoms with E-state index in [4.69, 9.17) is 4.74 Å². The second kappa shape index (κ2) is 8.98. The van der Waals surface area contributed by atoms with Crippen molar-refractivity contribution in [1.29, 1.82) is 0 Å². The van der Waals surface area contributed by atoms with Gasteiger partial charge in [0.2, 0.25) is 0 Å². The minimum absolute atomic E-state index is 0.0103. The fraction of sp³-hybridized carbons (Fsp3) is 0.727. The van der Waals surface area contributed by atoms with Gasteiger partial charge >= 0.3 is 0 Å². The Morgan fingerprint density at radius 1 is 1.10 bits per heavy atom. The number of hydrogen-bond acceptors (Lipinski definition) is 5. The number of nitrogens with one attached hydrogen (secondary N) is 1. The van der Waals surface area contributed by atoms with Gasteiger partial charge in [-0.05, 0) is 52.1 Å². The van der Waals surface area contributed by atoms with Crippen LogP contribution in [0.3, 0.4) is 0 Å². The Morgan fingerprint density at radius 2 is 1.83 bits per heavy atom. The number of carbonyl (C=O) groups excluding carboxylic acids is 2. The van der Waals surface area contributed by atoms with Gasteiger partial charge in [0.1, 0.15) is 5.69 Å². The van der Waals surface area contributed by atoms with E-state index in [0.717, 1.165) is 65.0 Å². The number of likely N-dealkylation sites (tertiary alicyclic amines) is 2. The molecule has 0 radical (unpaired) electrons. The topological polar surface area (TPSA) is 68.9 Å². The Labute approximate surface area is 173 Å². The molecule has 0 bridgehead atoms. The van der Waals surface area contributed by atoms with Crippen LogP contribution in [-0.2, 0) is 4.74 Å². The van der Waals surface area contributed by atoms with E-state index in [2.05, 4.69) is 28.6 Å². The fourth-order valence-corrected chi connectivity index (χ4v) is 5.09. The van der Waals surface area contributed by atoms with Crippen LogP contribution >= 0.6 is 0 Å². The van der Waals surface area contributed by atoms with Crippen LogP contribution in [0.15, 0.2) is 12.3 Å². The highest BCUT2D eigenvalue weighted by molar-refractivity contribution is 6.01. The first-order valence-electron chi connectivity index (χ1n) is 11.1. The zero-order chi connectivity index (χ0) is 20.4. The minimum atomic E-state index is 0.0103. The summed E-state index contributed by atoms with van der Waals surface area (Å²) in [4.78, 5) is 35.1. The molecule has 0 aromatic carbocycles. The summed E-state index contributed by atoms with van der Waals surface area (Å²) in [6.45, 7) is 10.2. The first-order valence-corrected chi connectivity index (χ1v) is 11.1. The van der Waals surface area contributed by atoms with Crippen molar-refractivity contribution in [2.75, 3.05) is 45.8 Å². The largest absolute Gasteiger partial charge is 0.373 e. The van der Waals surface area contributed by atoms with Crippen LogP contribution < -0.4 is 0 Å². The number of rotatable bonds is 6. The highest BCUT2D eigenvalue weighted by Crippen LogP contribution is 2.21. The fourth-order valence-electron chi connectivity index (χ4n) is 5.09. The molecule has 3 fully saturated rings. The smallest absolute Gasteiger partial charge is 0.270 e. The highest BCUT2D eigenvalue weighted by Gasteiger charge is 2.31. The third-order valence-electron chi connectivity index (χ3n) is 6.44. The van der Waals surface area contributed by atoms with Crippen molar-refractivity contribution in [3.8, 4) is 0 Å². The summed E-state index contributed by atoms with van der Waals surface area (Å²) in [6.07, 6.45) is 6.63. The second-order valence-electron chi connectivity index (χ2n) is 8.97. The maximum Gasteiger partial charge on any atom is 0.270 e. The van der Waals surface area contributed by atoms with Crippen molar-refractivity contribution in [2.24, 2.45) is 0 Å². The summed E-state index contributed by atoms with van der Waals surface area (Å²) in [5.74, 6) is 0.105. The maximum absolute atomic E-state index is 12.9. The van der Waals surface area contributed by atoms with Gasteiger partial charge in [-0.1, -0.05) is 0 Å². The number of hydrogen-bond donors (Lipinski definition) is 1. The van der Waals surface area contributed by atoms with Crippen LogP contribution in [0.2, 0.25) is 0 Å². The molecule has 3 aliphatic heterocycles. The summed E-state index contributed by atoms with van der Waals surface area (Å²) in [5, 5.41) is 0. The average Bonchev–Trinajstić information content (AvgIpc) is 3.43. The Balaban J connectivity index is 1.33. The molecule has 29 heavy (non-hydrogen) atoms. The molecular weight excluding hydrogens is 368 g/mol. The van der Waals surface area contributed by atoms with Crippen molar-refractivity contribution >= 4 is 11.7 Å². The molecule has 7 nitrogen and oxygen atoms in total. The van der Waals surface area contributed by atoms with E-state index in [0.29, 0.717) is 23.8 Å². The summed E-state index contributed by atoms with van der Waals surface area (Å²) in [6, 6.07) is 2.15. The van der Waals surface area contributed by atoms with Crippen molar-refractivity contribution in [2.45, 2.75) is 57.8 Å². The number of aromatic nitrogens is 1. The molecular formula is C22H34N4O3. The molecule has 1 aromatic rings. The number of morpholine rings is 1. The van der Waals surface area contributed by atoms with Crippen LogP contribution in [0.5, 0.6) is 0 Å². The van der Waals surface area contributed by atoms with Crippen molar-refractivity contribution in [3.05, 3.63) is 23.5 Å². The molecule has 3 saturated heterocycles. The van der Waals surface area contributed by atoms with E-state index in [1.165, 1.54) is 0 Å². The molecule has 4 heterocycles. The Hall–Kier alpha value is -1.70. The lowest BCUT2D eigenvalue weighted by atomic mass is 10.1. The molecule has 160 valence electrons. The lowest BCUT2D eigenvalue weighted by molar-refractivity contribution is -0.0721. The van der Waals surface area contributed by atoms with Crippen LogP contribution in [0.25, 0.3) is 0 Å². The van der Waals surface area contributed by atoms with E-state index >= 15 is 0 Å². The van der Waals surface area contributed by atoms with E-state index < -0.39 is 0 Å². The predicted octanol–water partition coefficient (Wildman–Crippen LogP) is 2.01. The number of H-pyrrole nitrogens is 1. The van der Waals surface area contributed by atoms with Gasteiger partial charge in [0.05, 0.1) is 18.8 Å². The van der Waals surface area contributed by atoms with Gasteiger partial charge in [-0.15, -0.1) is 0 Å². The third kappa shape index (κ3) is 4.90. The molecule has 1 aromatic heterocycles. The van der Waals surface area contributed by atoms with Gasteiger partial charge < -0.3 is 14.6 Å². The average molecular weight is 403 g/mol. The minimum Gasteiger partial charge on any atom is -0.373 e. The summed E-state index contributed by atoms with van der Waals surface area (Å²) in [5.41, 5.74) is 1.15. The molecule has 3 aliphatic rings. The normalized spacial score (nSPS) is 28.9. The van der Waals surface area contributed by atoms with Crippen LogP contribution in [0.4, 0.5) is 0 Å². The number of amides is 1. The van der Waals surface area contributed by atoms with E-state index in [1.807, 2.05) is 4.90 Å². The molecule has 4 rings (SSSR count). The highest BCUT2D eigenvalue weighted by atomic mass is 16.5. The lowest BCUT2D eigenvalue weighted by Crippen LogP contribution is -2.50. The van der Waals surface area contributed by atoms with Crippen LogP contribution in [0, 0.1) is 0 Å². The van der Waals surface area contributed by atoms with Gasteiger partial charge in [0, 0.05) is 50.5 Å². The van der Waals surface area contributed by atoms with Crippen LogP contribution in [0.1, 0.15) is 60.4 Å². The third-order valence-corrected chi connectivity index (χ3v) is 6.44. The summed E-state index contributed by atoms with van der Waals surface area (Å²) >= 11 is 0. The molecule has 3 atom stereocenters. The summed E-state index contributed by atoms with van der Waals surface area (Å²) in [7, 11) is 0. The molecule has 0 saturated carbocycles. The molecule has 3 unspecified atom stereocenters.